The first-order chi connectivity index (χ1) is 11.4. The van der Waals surface area contributed by atoms with Gasteiger partial charge < -0.3 is 4.98 Å². The Labute approximate surface area is 143 Å². The van der Waals surface area contributed by atoms with Gasteiger partial charge in [-0.15, -0.1) is 0 Å². The number of nitrogens with one attached hydrogen (secondary N) is 1. The van der Waals surface area contributed by atoms with E-state index in [0.29, 0.717) is 5.69 Å². The van der Waals surface area contributed by atoms with Gasteiger partial charge in [-0.1, -0.05) is 74.9 Å². The van der Waals surface area contributed by atoms with E-state index in [1.54, 1.807) is 0 Å². The van der Waals surface area contributed by atoms with E-state index in [9.17, 15) is 4.79 Å². The number of aldehydes is 1. The van der Waals surface area contributed by atoms with Gasteiger partial charge in [0.25, 0.3) is 0 Å². The zero-order chi connectivity index (χ0) is 17.3. The van der Waals surface area contributed by atoms with Crippen LogP contribution in [0.25, 0.3) is 22.4 Å². The quantitative estimate of drug-likeness (QED) is 0.611. The Morgan fingerprint density at radius 1 is 0.875 bits per heavy atom. The van der Waals surface area contributed by atoms with Crippen LogP contribution < -0.4 is 0 Å². The van der Waals surface area contributed by atoms with Gasteiger partial charge in [-0.2, -0.15) is 0 Å². The van der Waals surface area contributed by atoms with Crippen LogP contribution in [0.4, 0.5) is 0 Å². The van der Waals surface area contributed by atoms with E-state index in [1.165, 1.54) is 11.1 Å². The number of hydrogen-bond acceptors (Lipinski definition) is 1. The third-order valence-electron chi connectivity index (χ3n) is 4.39. The molecule has 0 unspecified atom stereocenters. The molecule has 0 amide bonds. The van der Waals surface area contributed by atoms with Crippen molar-refractivity contribution in [2.75, 3.05) is 0 Å². The van der Waals surface area contributed by atoms with Gasteiger partial charge in [0.2, 0.25) is 0 Å². The van der Waals surface area contributed by atoms with Crippen molar-refractivity contribution in [1.82, 2.24) is 4.98 Å². The molecular formula is C22H23NO. The van der Waals surface area contributed by atoms with Crippen LogP contribution in [0.5, 0.6) is 0 Å². The SMILES string of the molecule is Cc1ccc(-c2cc(-c3ccc(C(C)(C)C)cc3)c(C=O)[nH]2)cc1. The molecule has 0 saturated carbocycles. The molecule has 1 N–H and O–H groups in total. The summed E-state index contributed by atoms with van der Waals surface area (Å²) in [6, 6.07) is 18.8. The Bertz CT molecular complexity index is 846. The van der Waals surface area contributed by atoms with Crippen molar-refractivity contribution in [2.24, 2.45) is 0 Å². The standard InChI is InChI=1S/C22H23NO/c1-15-5-7-17(8-6-15)20-13-19(21(14-24)23-20)16-9-11-18(12-10-16)22(2,3)4/h5-14,23H,1-4H3. The van der Waals surface area contributed by atoms with Gasteiger partial charge in [-0.25, -0.2) is 0 Å². The number of carbonyl (C=O) groups is 1. The average molecular weight is 317 g/mol. The average Bonchev–Trinajstić information content (AvgIpc) is 2.99. The summed E-state index contributed by atoms with van der Waals surface area (Å²) in [5, 5.41) is 0. The van der Waals surface area contributed by atoms with Gasteiger partial charge in [0, 0.05) is 11.3 Å². The second-order valence-corrected chi connectivity index (χ2v) is 7.32. The molecule has 2 nitrogen and oxygen atoms in total. The highest BCUT2D eigenvalue weighted by atomic mass is 16.1. The zero-order valence-corrected chi connectivity index (χ0v) is 14.7. The minimum Gasteiger partial charge on any atom is -0.352 e. The Morgan fingerprint density at radius 3 is 2.00 bits per heavy atom. The summed E-state index contributed by atoms with van der Waals surface area (Å²) in [5.74, 6) is 0. The highest BCUT2D eigenvalue weighted by Crippen LogP contribution is 2.31. The summed E-state index contributed by atoms with van der Waals surface area (Å²) in [7, 11) is 0. The van der Waals surface area contributed by atoms with Crippen LogP contribution in [-0.4, -0.2) is 11.3 Å². The molecule has 0 bridgehead atoms. The van der Waals surface area contributed by atoms with Crippen LogP contribution in [0.1, 0.15) is 42.4 Å². The fourth-order valence-corrected chi connectivity index (χ4v) is 2.84. The maximum Gasteiger partial charge on any atom is 0.166 e. The van der Waals surface area contributed by atoms with Crippen LogP contribution in [0.2, 0.25) is 0 Å². The molecule has 24 heavy (non-hydrogen) atoms. The first-order valence-electron chi connectivity index (χ1n) is 8.24. The number of hydrogen-bond donors (Lipinski definition) is 1. The lowest BCUT2D eigenvalue weighted by atomic mass is 9.86. The first kappa shape index (κ1) is 16.3. The molecule has 0 aliphatic carbocycles. The van der Waals surface area contributed by atoms with Crippen LogP contribution >= 0.6 is 0 Å². The van der Waals surface area contributed by atoms with E-state index in [2.05, 4.69) is 87.3 Å². The summed E-state index contributed by atoms with van der Waals surface area (Å²) >= 11 is 0. The summed E-state index contributed by atoms with van der Waals surface area (Å²) in [6.07, 6.45) is 0.894. The van der Waals surface area contributed by atoms with E-state index in [4.69, 9.17) is 0 Å². The van der Waals surface area contributed by atoms with E-state index < -0.39 is 0 Å². The third-order valence-corrected chi connectivity index (χ3v) is 4.39. The van der Waals surface area contributed by atoms with E-state index in [0.717, 1.165) is 28.7 Å². The molecule has 0 saturated heterocycles. The van der Waals surface area contributed by atoms with Crippen molar-refractivity contribution < 1.29 is 4.79 Å². The lowest BCUT2D eigenvalue weighted by Crippen LogP contribution is -2.10. The number of aryl methyl sites for hydroxylation is 1. The summed E-state index contributed by atoms with van der Waals surface area (Å²) in [4.78, 5) is 14.7. The van der Waals surface area contributed by atoms with Gasteiger partial charge in [0.05, 0.1) is 5.69 Å². The first-order valence-corrected chi connectivity index (χ1v) is 8.24. The van der Waals surface area contributed by atoms with Crippen molar-refractivity contribution in [2.45, 2.75) is 33.1 Å². The maximum atomic E-state index is 11.5. The molecule has 1 aromatic heterocycles. The normalized spacial score (nSPS) is 11.5. The Balaban J connectivity index is 2.02. The van der Waals surface area contributed by atoms with Crippen LogP contribution in [0, 0.1) is 6.92 Å². The molecule has 2 heteroatoms. The fraction of sp³-hybridized carbons (Fsp3) is 0.227. The molecule has 122 valence electrons. The molecule has 2 aromatic carbocycles. The molecule has 0 aliphatic heterocycles. The summed E-state index contributed by atoms with van der Waals surface area (Å²) in [6.45, 7) is 8.66. The number of rotatable bonds is 3. The van der Waals surface area contributed by atoms with Crippen molar-refractivity contribution in [3.05, 3.63) is 71.4 Å². The van der Waals surface area contributed by atoms with Gasteiger partial charge in [0.1, 0.15) is 0 Å². The molecule has 3 rings (SSSR count). The highest BCUT2D eigenvalue weighted by Gasteiger charge is 2.15. The molecule has 0 aliphatic rings. The monoisotopic (exact) mass is 317 g/mol. The molecule has 0 fully saturated rings. The van der Waals surface area contributed by atoms with E-state index in [1.807, 2.05) is 0 Å². The van der Waals surface area contributed by atoms with E-state index in [-0.39, 0.29) is 5.41 Å². The number of aromatic nitrogens is 1. The Hall–Kier alpha value is -2.61. The van der Waals surface area contributed by atoms with Crippen LogP contribution in [0.3, 0.4) is 0 Å². The van der Waals surface area contributed by atoms with Crippen LogP contribution in [-0.2, 0) is 5.41 Å². The number of aromatic amines is 1. The molecular weight excluding hydrogens is 294 g/mol. The second-order valence-electron chi connectivity index (χ2n) is 7.32. The lowest BCUT2D eigenvalue weighted by Gasteiger charge is -2.19. The van der Waals surface area contributed by atoms with Crippen molar-refractivity contribution in [3.63, 3.8) is 0 Å². The zero-order valence-electron chi connectivity index (χ0n) is 14.7. The Morgan fingerprint density at radius 2 is 1.46 bits per heavy atom. The summed E-state index contributed by atoms with van der Waals surface area (Å²) < 4.78 is 0. The maximum absolute atomic E-state index is 11.5. The van der Waals surface area contributed by atoms with Crippen LogP contribution in [0.15, 0.2) is 54.6 Å². The predicted octanol–water partition coefficient (Wildman–Crippen LogP) is 5.77. The van der Waals surface area contributed by atoms with Crippen molar-refractivity contribution in [1.29, 1.82) is 0 Å². The third kappa shape index (κ3) is 3.18. The fourth-order valence-electron chi connectivity index (χ4n) is 2.84. The van der Waals surface area contributed by atoms with Crippen molar-refractivity contribution >= 4 is 6.29 Å². The molecule has 1 heterocycles. The smallest absolute Gasteiger partial charge is 0.166 e. The number of carbonyl (C=O) groups excluding carboxylic acids is 1. The topological polar surface area (TPSA) is 32.9 Å². The number of benzene rings is 2. The predicted molar refractivity (Wildman–Crippen MR) is 100 cm³/mol. The highest BCUT2D eigenvalue weighted by molar-refractivity contribution is 5.89. The summed E-state index contributed by atoms with van der Waals surface area (Å²) in [5.41, 5.74) is 7.30. The van der Waals surface area contributed by atoms with E-state index >= 15 is 0 Å². The van der Waals surface area contributed by atoms with Gasteiger partial charge >= 0.3 is 0 Å². The van der Waals surface area contributed by atoms with Crippen molar-refractivity contribution in [3.8, 4) is 22.4 Å². The van der Waals surface area contributed by atoms with Gasteiger partial charge in [-0.3, -0.25) is 4.79 Å². The number of H-pyrrole nitrogens is 1. The van der Waals surface area contributed by atoms with Gasteiger partial charge in [-0.05, 0) is 35.1 Å². The second kappa shape index (κ2) is 6.12. The molecule has 3 aromatic rings. The van der Waals surface area contributed by atoms with Gasteiger partial charge in [0.15, 0.2) is 6.29 Å². The molecule has 0 radical (unpaired) electrons. The molecule has 0 atom stereocenters. The Kier molecular flexibility index (Phi) is 4.15. The largest absolute Gasteiger partial charge is 0.352 e. The minimum absolute atomic E-state index is 0.122. The lowest BCUT2D eigenvalue weighted by molar-refractivity contribution is 0.112. The molecule has 0 spiro atoms. The minimum atomic E-state index is 0.122.